The smallest absolute Gasteiger partial charge is 0.407 e. The molecular weight excluding hydrogens is 506 g/mol. The molecule has 2 amide bonds. The van der Waals surface area contributed by atoms with Crippen LogP contribution in [0.3, 0.4) is 0 Å². The molecule has 0 aromatic heterocycles. The molecule has 0 spiro atoms. The van der Waals surface area contributed by atoms with Crippen molar-refractivity contribution in [2.75, 3.05) is 13.1 Å². The molecule has 0 saturated carbocycles. The summed E-state index contributed by atoms with van der Waals surface area (Å²) in [5, 5.41) is 20.1. The summed E-state index contributed by atoms with van der Waals surface area (Å²) in [6.45, 7) is 22.2. The van der Waals surface area contributed by atoms with E-state index in [9.17, 15) is 14.7 Å². The van der Waals surface area contributed by atoms with Crippen LogP contribution in [0.25, 0.3) is 0 Å². The van der Waals surface area contributed by atoms with Crippen LogP contribution in [0.15, 0.2) is 12.1 Å². The molecule has 4 N–H and O–H groups in total. The lowest BCUT2D eigenvalue weighted by molar-refractivity contribution is 0.0194. The van der Waals surface area contributed by atoms with Crippen LogP contribution in [0.4, 0.5) is 9.59 Å². The van der Waals surface area contributed by atoms with Crippen LogP contribution in [0.2, 0.25) is 0 Å². The van der Waals surface area contributed by atoms with E-state index in [-0.39, 0.29) is 40.7 Å². The Morgan fingerprint density at radius 1 is 0.850 bits per heavy atom. The number of benzene rings is 1. The van der Waals surface area contributed by atoms with Crippen LogP contribution < -0.4 is 16.0 Å². The molecule has 0 radical (unpaired) electrons. The number of rotatable bonds is 10. The highest BCUT2D eigenvalue weighted by Crippen LogP contribution is 2.40. The predicted octanol–water partition coefficient (Wildman–Crippen LogP) is 6.81. The van der Waals surface area contributed by atoms with E-state index < -0.39 is 6.09 Å². The van der Waals surface area contributed by atoms with Crippen molar-refractivity contribution in [2.24, 2.45) is 0 Å². The number of carbonyl (C=O) groups is 2. The number of hydrogen-bond acceptors (Lipinski definition) is 6. The summed E-state index contributed by atoms with van der Waals surface area (Å²) in [5.74, 6) is 0.315. The lowest BCUT2D eigenvalue weighted by atomic mass is 9.78. The van der Waals surface area contributed by atoms with Crippen LogP contribution in [0.1, 0.15) is 124 Å². The monoisotopic (exact) mass is 561 g/mol. The minimum atomic E-state index is -0.448. The largest absolute Gasteiger partial charge is 0.507 e. The fraction of sp³-hybridized carbons (Fsp3) is 0.750. The van der Waals surface area contributed by atoms with Gasteiger partial charge in [0.15, 0.2) is 0 Å². The first-order valence-electron chi connectivity index (χ1n) is 14.8. The van der Waals surface area contributed by atoms with E-state index in [4.69, 9.17) is 9.47 Å². The second kappa shape index (κ2) is 13.5. The van der Waals surface area contributed by atoms with Gasteiger partial charge in [-0.15, -0.1) is 0 Å². The Kier molecular flexibility index (Phi) is 11.3. The summed E-state index contributed by atoms with van der Waals surface area (Å²) in [6.07, 6.45) is 4.28. The number of unbranched alkanes of at least 4 members (excludes halogenated alkanes) is 3. The molecule has 40 heavy (non-hydrogen) atoms. The second-order valence-corrected chi connectivity index (χ2v) is 14.7. The van der Waals surface area contributed by atoms with Crippen LogP contribution in [-0.4, -0.2) is 47.6 Å². The van der Waals surface area contributed by atoms with Crippen molar-refractivity contribution >= 4 is 12.2 Å². The van der Waals surface area contributed by atoms with Crippen LogP contribution in [0, 0.1) is 0 Å². The molecule has 1 aliphatic rings. The van der Waals surface area contributed by atoms with Gasteiger partial charge < -0.3 is 30.5 Å². The fourth-order valence-electron chi connectivity index (χ4n) is 5.61. The Balaban J connectivity index is 1.64. The van der Waals surface area contributed by atoms with Crippen LogP contribution in [0.5, 0.6) is 5.75 Å². The maximum atomic E-state index is 12.3. The van der Waals surface area contributed by atoms with Crippen molar-refractivity contribution in [2.45, 2.75) is 142 Å². The van der Waals surface area contributed by atoms with Gasteiger partial charge in [-0.1, -0.05) is 54.4 Å². The molecular formula is C32H55N3O5. The number of amides is 2. The normalized spacial score (nSPS) is 17.2. The summed E-state index contributed by atoms with van der Waals surface area (Å²) < 4.78 is 11.1. The Morgan fingerprint density at radius 2 is 1.30 bits per heavy atom. The zero-order valence-corrected chi connectivity index (χ0v) is 26.7. The van der Waals surface area contributed by atoms with Gasteiger partial charge in [-0.2, -0.15) is 0 Å². The van der Waals surface area contributed by atoms with E-state index in [1.165, 1.54) is 0 Å². The Labute approximate surface area is 242 Å². The van der Waals surface area contributed by atoms with E-state index >= 15 is 0 Å². The van der Waals surface area contributed by atoms with Crippen molar-refractivity contribution in [1.29, 1.82) is 0 Å². The third-order valence-corrected chi connectivity index (χ3v) is 7.22. The molecule has 228 valence electrons. The summed E-state index contributed by atoms with van der Waals surface area (Å²) in [5.41, 5.74) is 1.96. The first-order valence-corrected chi connectivity index (χ1v) is 14.8. The number of ether oxygens (including phenoxy) is 2. The molecule has 1 aliphatic heterocycles. The summed E-state index contributed by atoms with van der Waals surface area (Å²) in [6, 6.07) is 3.85. The lowest BCUT2D eigenvalue weighted by Gasteiger charge is -2.45. The number of phenols is 1. The van der Waals surface area contributed by atoms with Gasteiger partial charge in [0.1, 0.15) is 18.5 Å². The highest BCUT2D eigenvalue weighted by Gasteiger charge is 2.39. The zero-order chi connectivity index (χ0) is 30.4. The van der Waals surface area contributed by atoms with Gasteiger partial charge in [0.2, 0.25) is 0 Å². The Bertz CT molecular complexity index is 954. The van der Waals surface area contributed by atoms with Crippen molar-refractivity contribution in [3.8, 4) is 5.75 Å². The highest BCUT2D eigenvalue weighted by molar-refractivity contribution is 5.67. The van der Waals surface area contributed by atoms with Crippen molar-refractivity contribution in [3.05, 3.63) is 28.8 Å². The van der Waals surface area contributed by atoms with Crippen molar-refractivity contribution < 1.29 is 24.2 Å². The minimum absolute atomic E-state index is 0.0652. The average Bonchev–Trinajstić information content (AvgIpc) is 2.76. The standard InChI is InChI=1S/C32H55N3O5/c1-29(2,3)24-17-22(18-25(26(24)36)30(4,5)6)21-39-27(37)33-15-13-11-12-14-16-34-28(38)40-23-19-31(7,8)35-32(9,10)20-23/h17-18,23,35-36H,11-16,19-21H2,1-10H3,(H,33,37)(H,34,38). The van der Waals surface area contributed by atoms with E-state index in [0.717, 1.165) is 55.2 Å². The third-order valence-electron chi connectivity index (χ3n) is 7.22. The van der Waals surface area contributed by atoms with Gasteiger partial charge in [-0.3, -0.25) is 0 Å². The molecule has 1 heterocycles. The van der Waals surface area contributed by atoms with Gasteiger partial charge in [-0.05, 0) is 80.2 Å². The quantitative estimate of drug-likeness (QED) is 0.234. The zero-order valence-electron chi connectivity index (χ0n) is 26.7. The lowest BCUT2D eigenvalue weighted by Crippen LogP contribution is -2.60. The van der Waals surface area contributed by atoms with E-state index in [0.29, 0.717) is 18.8 Å². The number of nitrogens with one attached hydrogen (secondary N) is 3. The number of aromatic hydroxyl groups is 1. The number of hydrogen-bond donors (Lipinski definition) is 4. The summed E-state index contributed by atoms with van der Waals surface area (Å²) >= 11 is 0. The summed E-state index contributed by atoms with van der Waals surface area (Å²) in [7, 11) is 0. The molecule has 0 aliphatic carbocycles. The number of piperidine rings is 1. The molecule has 0 bridgehead atoms. The van der Waals surface area contributed by atoms with Gasteiger partial charge in [0.25, 0.3) is 0 Å². The molecule has 2 rings (SSSR count). The summed E-state index contributed by atoms with van der Waals surface area (Å²) in [4.78, 5) is 24.5. The Hall–Kier alpha value is -2.48. The number of carbonyl (C=O) groups excluding carboxylic acids is 2. The third kappa shape index (κ3) is 11.2. The van der Waals surface area contributed by atoms with Gasteiger partial charge in [0.05, 0.1) is 0 Å². The first-order chi connectivity index (χ1) is 18.3. The molecule has 1 aromatic rings. The maximum absolute atomic E-state index is 12.3. The fourth-order valence-corrected chi connectivity index (χ4v) is 5.61. The van der Waals surface area contributed by atoms with E-state index in [1.54, 1.807) is 0 Å². The second-order valence-electron chi connectivity index (χ2n) is 14.7. The van der Waals surface area contributed by atoms with Gasteiger partial charge >= 0.3 is 12.2 Å². The van der Waals surface area contributed by atoms with E-state index in [1.807, 2.05) is 12.1 Å². The van der Waals surface area contributed by atoms with Crippen molar-refractivity contribution in [1.82, 2.24) is 16.0 Å². The maximum Gasteiger partial charge on any atom is 0.407 e. The Morgan fingerprint density at radius 3 is 1.75 bits per heavy atom. The molecule has 8 nitrogen and oxygen atoms in total. The highest BCUT2D eigenvalue weighted by atomic mass is 16.6. The molecule has 1 fully saturated rings. The van der Waals surface area contributed by atoms with Gasteiger partial charge in [0, 0.05) is 37.0 Å². The first kappa shape index (κ1) is 33.7. The van der Waals surface area contributed by atoms with Crippen molar-refractivity contribution in [3.63, 3.8) is 0 Å². The molecule has 0 atom stereocenters. The molecule has 1 aromatic carbocycles. The van der Waals surface area contributed by atoms with Crippen LogP contribution >= 0.6 is 0 Å². The average molecular weight is 562 g/mol. The molecule has 0 unspecified atom stereocenters. The predicted molar refractivity (Wildman–Crippen MR) is 161 cm³/mol. The number of phenolic OH excluding ortho intramolecular Hbond substituents is 1. The SMILES string of the molecule is CC1(C)CC(OC(=O)NCCCCCCNC(=O)OCc2cc(C(C)(C)C)c(O)c(C(C)(C)C)c2)CC(C)(C)N1. The van der Waals surface area contributed by atoms with Gasteiger partial charge in [-0.25, -0.2) is 9.59 Å². The van der Waals surface area contributed by atoms with E-state index in [2.05, 4.69) is 85.2 Å². The minimum Gasteiger partial charge on any atom is -0.507 e. The molecule has 8 heteroatoms. The number of alkyl carbamates (subject to hydrolysis) is 2. The molecule has 1 saturated heterocycles. The topological polar surface area (TPSA) is 109 Å². The van der Waals surface area contributed by atoms with Crippen LogP contribution in [-0.2, 0) is 26.9 Å².